The first kappa shape index (κ1) is 20.2. The number of hydrogen-bond acceptors (Lipinski definition) is 7. The Bertz CT molecular complexity index is 1250. The fraction of sp³-hybridized carbons (Fsp3) is 0.190. The molecular weight excluding hydrogens is 403 g/mol. The number of rotatable bonds is 8. The molecule has 2 aromatic heterocycles. The normalized spacial score (nSPS) is 10.8. The molecule has 3 N–H and O–H groups in total. The van der Waals surface area contributed by atoms with Crippen LogP contribution in [0, 0.1) is 5.82 Å². The number of ether oxygens (including phenoxy) is 2. The molecule has 0 amide bonds. The number of halogens is 1. The summed E-state index contributed by atoms with van der Waals surface area (Å²) in [5, 5.41) is 9.14. The number of nitrogens with one attached hydrogen (secondary N) is 3. The van der Waals surface area contributed by atoms with Crippen LogP contribution in [0.15, 0.2) is 53.3 Å². The van der Waals surface area contributed by atoms with Crippen molar-refractivity contribution in [3.8, 4) is 11.5 Å². The second-order valence-electron chi connectivity index (χ2n) is 6.69. The Morgan fingerprint density at radius 3 is 2.55 bits per heavy atom. The summed E-state index contributed by atoms with van der Waals surface area (Å²) < 4.78 is 24.8. The van der Waals surface area contributed by atoms with Crippen molar-refractivity contribution in [2.24, 2.45) is 0 Å². The predicted octanol–water partition coefficient (Wildman–Crippen LogP) is 2.80. The summed E-state index contributed by atoms with van der Waals surface area (Å²) in [5.74, 6) is 1.63. The van der Waals surface area contributed by atoms with Crippen LogP contribution in [0.3, 0.4) is 0 Å². The van der Waals surface area contributed by atoms with Crippen LogP contribution in [0.25, 0.3) is 5.78 Å². The van der Waals surface area contributed by atoms with E-state index in [0.29, 0.717) is 36.2 Å². The molecule has 0 spiro atoms. The molecule has 4 aromatic rings. The van der Waals surface area contributed by atoms with Crippen LogP contribution in [0.1, 0.15) is 11.3 Å². The first-order valence-electron chi connectivity index (χ1n) is 9.48. The highest BCUT2D eigenvalue weighted by Gasteiger charge is 2.10. The third kappa shape index (κ3) is 4.58. The molecule has 0 saturated heterocycles. The van der Waals surface area contributed by atoms with Gasteiger partial charge in [-0.3, -0.25) is 9.89 Å². The van der Waals surface area contributed by atoms with E-state index in [0.717, 1.165) is 11.3 Å². The van der Waals surface area contributed by atoms with Crippen molar-refractivity contribution in [2.75, 3.05) is 24.9 Å². The largest absolute Gasteiger partial charge is 0.497 e. The lowest BCUT2D eigenvalue weighted by molar-refractivity contribution is 0.395. The van der Waals surface area contributed by atoms with Gasteiger partial charge in [-0.1, -0.05) is 12.1 Å². The number of anilines is 2. The van der Waals surface area contributed by atoms with Crippen molar-refractivity contribution >= 4 is 17.4 Å². The van der Waals surface area contributed by atoms with Gasteiger partial charge in [0.1, 0.15) is 17.3 Å². The van der Waals surface area contributed by atoms with Crippen LogP contribution in [-0.4, -0.2) is 33.8 Å². The lowest BCUT2D eigenvalue weighted by atomic mass is 10.2. The highest BCUT2D eigenvalue weighted by molar-refractivity contribution is 5.59. The van der Waals surface area contributed by atoms with Gasteiger partial charge < -0.3 is 20.1 Å². The number of hydrogen-bond donors (Lipinski definition) is 3. The van der Waals surface area contributed by atoms with E-state index >= 15 is 0 Å². The summed E-state index contributed by atoms with van der Waals surface area (Å²) in [5.41, 5.74) is 1.86. The fourth-order valence-corrected chi connectivity index (χ4v) is 3.02. The minimum absolute atomic E-state index is 0.243. The summed E-state index contributed by atoms with van der Waals surface area (Å²) in [6.07, 6.45) is 0. The molecule has 0 bridgehead atoms. The van der Waals surface area contributed by atoms with Gasteiger partial charge in [-0.05, 0) is 29.8 Å². The van der Waals surface area contributed by atoms with Crippen LogP contribution in [0.5, 0.6) is 11.5 Å². The van der Waals surface area contributed by atoms with Crippen LogP contribution in [-0.2, 0) is 13.1 Å². The number of aromatic amines is 1. The van der Waals surface area contributed by atoms with E-state index in [2.05, 4.69) is 25.7 Å². The number of aromatic nitrogens is 4. The molecule has 4 rings (SSSR count). The summed E-state index contributed by atoms with van der Waals surface area (Å²) >= 11 is 0. The van der Waals surface area contributed by atoms with Crippen molar-refractivity contribution in [3.63, 3.8) is 0 Å². The summed E-state index contributed by atoms with van der Waals surface area (Å²) in [4.78, 5) is 21.2. The quantitative estimate of drug-likeness (QED) is 0.399. The Labute approximate surface area is 176 Å². The molecule has 0 aliphatic carbocycles. The van der Waals surface area contributed by atoms with E-state index in [1.165, 1.54) is 22.7 Å². The number of benzene rings is 2. The van der Waals surface area contributed by atoms with E-state index in [4.69, 9.17) is 9.47 Å². The van der Waals surface area contributed by atoms with Gasteiger partial charge in [-0.25, -0.2) is 9.37 Å². The molecule has 10 heteroatoms. The van der Waals surface area contributed by atoms with Crippen molar-refractivity contribution < 1.29 is 13.9 Å². The van der Waals surface area contributed by atoms with E-state index in [1.54, 1.807) is 32.4 Å². The van der Waals surface area contributed by atoms with Gasteiger partial charge in [0.15, 0.2) is 0 Å². The van der Waals surface area contributed by atoms with Crippen molar-refractivity contribution in [3.05, 3.63) is 76.0 Å². The third-order valence-corrected chi connectivity index (χ3v) is 4.63. The zero-order chi connectivity index (χ0) is 21.8. The average molecular weight is 424 g/mol. The van der Waals surface area contributed by atoms with Crippen LogP contribution in [0.4, 0.5) is 16.0 Å². The maximum atomic E-state index is 13.0. The topological polar surface area (TPSA) is 106 Å². The van der Waals surface area contributed by atoms with Gasteiger partial charge in [0.05, 0.1) is 32.1 Å². The monoisotopic (exact) mass is 424 g/mol. The molecule has 0 aliphatic rings. The first-order chi connectivity index (χ1) is 15.1. The van der Waals surface area contributed by atoms with Crippen LogP contribution in [0.2, 0.25) is 0 Å². The van der Waals surface area contributed by atoms with E-state index in [-0.39, 0.29) is 17.2 Å². The van der Waals surface area contributed by atoms with E-state index < -0.39 is 0 Å². The molecule has 0 radical (unpaired) electrons. The molecule has 2 aromatic carbocycles. The Balaban J connectivity index is 1.48. The Morgan fingerprint density at radius 1 is 1.00 bits per heavy atom. The molecule has 0 aliphatic heterocycles. The van der Waals surface area contributed by atoms with Gasteiger partial charge in [0.25, 0.3) is 11.3 Å². The number of nitrogens with zero attached hydrogens (tertiary/aromatic N) is 3. The van der Waals surface area contributed by atoms with Crippen molar-refractivity contribution in [1.29, 1.82) is 0 Å². The zero-order valence-electron chi connectivity index (χ0n) is 17.0. The number of fused-ring (bicyclic) bond motifs is 1. The predicted molar refractivity (Wildman–Crippen MR) is 114 cm³/mol. The summed E-state index contributed by atoms with van der Waals surface area (Å²) in [7, 11) is 3.15. The molecule has 9 nitrogen and oxygen atoms in total. The minimum Gasteiger partial charge on any atom is -0.497 e. The maximum absolute atomic E-state index is 13.0. The second-order valence-corrected chi connectivity index (χ2v) is 6.69. The minimum atomic E-state index is -0.295. The Kier molecular flexibility index (Phi) is 5.69. The standard InChI is InChI=1S/C21H21FN6O3/c1-30-16-7-8-17(18(10-16)31-2)23-12-15-9-19(29)28-21(25-15)26-20(27-28)24-11-13-3-5-14(22)6-4-13/h3-10,23H,11-12H2,1-2H3,(H2,24,25,26,27). The average Bonchev–Trinajstić information content (AvgIpc) is 3.21. The fourth-order valence-electron chi connectivity index (χ4n) is 3.02. The number of H-pyrrole nitrogens is 1. The van der Waals surface area contributed by atoms with Gasteiger partial charge in [0.2, 0.25) is 5.95 Å². The molecule has 2 heterocycles. The highest BCUT2D eigenvalue weighted by atomic mass is 19.1. The molecule has 0 fully saturated rings. The third-order valence-electron chi connectivity index (χ3n) is 4.63. The molecule has 0 unspecified atom stereocenters. The molecule has 31 heavy (non-hydrogen) atoms. The molecule has 0 saturated carbocycles. The maximum Gasteiger partial charge on any atom is 0.274 e. The highest BCUT2D eigenvalue weighted by Crippen LogP contribution is 2.29. The SMILES string of the molecule is COc1ccc(NCc2cc(=O)n3[nH]c(NCc4ccc(F)cc4)nc3n2)c(OC)c1. The summed E-state index contributed by atoms with van der Waals surface area (Å²) in [6.45, 7) is 0.722. The second kappa shape index (κ2) is 8.74. The van der Waals surface area contributed by atoms with Crippen LogP contribution < -0.4 is 25.7 Å². The lowest BCUT2D eigenvalue weighted by Crippen LogP contribution is -2.17. The number of methoxy groups -OCH3 is 2. The summed E-state index contributed by atoms with van der Waals surface area (Å²) in [6, 6.07) is 13.0. The van der Waals surface area contributed by atoms with Gasteiger partial charge in [-0.15, -0.1) is 0 Å². The van der Waals surface area contributed by atoms with Crippen LogP contribution >= 0.6 is 0 Å². The van der Waals surface area contributed by atoms with Gasteiger partial charge in [-0.2, -0.15) is 9.50 Å². The molecular formula is C21H21FN6O3. The molecule has 0 atom stereocenters. The van der Waals surface area contributed by atoms with Crippen molar-refractivity contribution in [1.82, 2.24) is 19.6 Å². The lowest BCUT2D eigenvalue weighted by Gasteiger charge is -2.12. The molecule has 160 valence electrons. The van der Waals surface area contributed by atoms with E-state index in [9.17, 15) is 9.18 Å². The Hall–Kier alpha value is -4.08. The zero-order valence-corrected chi connectivity index (χ0v) is 17.0. The van der Waals surface area contributed by atoms with E-state index in [1.807, 2.05) is 12.1 Å². The van der Waals surface area contributed by atoms with Gasteiger partial charge in [0, 0.05) is 18.7 Å². The van der Waals surface area contributed by atoms with Gasteiger partial charge >= 0.3 is 0 Å². The Morgan fingerprint density at radius 2 is 1.81 bits per heavy atom. The first-order valence-corrected chi connectivity index (χ1v) is 9.48. The smallest absolute Gasteiger partial charge is 0.274 e. The van der Waals surface area contributed by atoms with Crippen molar-refractivity contribution in [2.45, 2.75) is 13.1 Å².